The van der Waals surface area contributed by atoms with Crippen molar-refractivity contribution in [3.8, 4) is 0 Å². The molecule has 0 N–H and O–H groups in total. The Morgan fingerprint density at radius 2 is 1.74 bits per heavy atom. The van der Waals surface area contributed by atoms with E-state index in [0.717, 1.165) is 23.7 Å². The van der Waals surface area contributed by atoms with Crippen molar-refractivity contribution in [2.75, 3.05) is 0 Å². The van der Waals surface area contributed by atoms with Crippen molar-refractivity contribution in [2.24, 2.45) is 29.6 Å². The van der Waals surface area contributed by atoms with Gasteiger partial charge in [-0.15, -0.1) is 9.24 Å². The van der Waals surface area contributed by atoms with Crippen LogP contribution in [-0.2, 0) is 4.74 Å². The van der Waals surface area contributed by atoms with Gasteiger partial charge < -0.3 is 4.74 Å². The highest BCUT2D eigenvalue weighted by Gasteiger charge is 2.31. The van der Waals surface area contributed by atoms with Crippen molar-refractivity contribution in [2.45, 2.75) is 147 Å². The highest BCUT2D eigenvalue weighted by molar-refractivity contribution is 7.17. The first kappa shape index (κ1) is 28.9. The maximum absolute atomic E-state index is 6.65. The number of allylic oxidation sites excluding steroid dienone is 7. The standard InChI is InChI=1S/C36H57OP/c1-27-23-33(30(19-17-28-11-5-2-6-12-28)20-18-29-13-7-3-8-14-29)25-34(24-27)32-22-21-31-15-9-4-10-16-36(38)37-35(31)26-32/h5,11,19,24,26-29,31,33,35-36H,2-4,6-10,12-18,20-23,25,38H2,1H3/b30-19+. The number of ether oxygens (including phenoxy) is 1. The normalized spacial score (nSPS) is 35.9. The van der Waals surface area contributed by atoms with E-state index in [1.165, 1.54) is 128 Å². The number of rotatable bonds is 7. The zero-order valence-electron chi connectivity index (χ0n) is 24.6. The molecule has 1 saturated carbocycles. The molecule has 5 rings (SSSR count). The molecule has 5 aliphatic rings. The highest BCUT2D eigenvalue weighted by atomic mass is 31.0. The van der Waals surface area contributed by atoms with E-state index in [1.54, 1.807) is 11.1 Å². The molecule has 0 aromatic rings. The second-order valence-electron chi connectivity index (χ2n) is 13.8. The van der Waals surface area contributed by atoms with Gasteiger partial charge in [-0.05, 0) is 118 Å². The first-order chi connectivity index (χ1) is 18.6. The summed E-state index contributed by atoms with van der Waals surface area (Å²) < 4.78 is 6.65. The Hall–Kier alpha value is -0.650. The summed E-state index contributed by atoms with van der Waals surface area (Å²) in [6, 6.07) is 0. The van der Waals surface area contributed by atoms with Crippen molar-refractivity contribution in [1.82, 2.24) is 0 Å². The van der Waals surface area contributed by atoms with Crippen molar-refractivity contribution in [1.29, 1.82) is 0 Å². The fraction of sp³-hybridized carbons (Fsp3) is 0.778. The molecule has 0 aromatic heterocycles. The lowest BCUT2D eigenvalue weighted by atomic mass is 9.72. The molecular formula is C36H57OP. The van der Waals surface area contributed by atoms with E-state index in [4.69, 9.17) is 4.74 Å². The van der Waals surface area contributed by atoms with Gasteiger partial charge in [-0.2, -0.15) is 0 Å². The minimum Gasteiger partial charge on any atom is -0.367 e. The minimum absolute atomic E-state index is 0.325. The quantitative estimate of drug-likeness (QED) is 0.232. The van der Waals surface area contributed by atoms with Crippen LogP contribution < -0.4 is 0 Å². The fourth-order valence-corrected chi connectivity index (χ4v) is 8.76. The van der Waals surface area contributed by atoms with Crippen LogP contribution in [0.5, 0.6) is 0 Å². The summed E-state index contributed by atoms with van der Waals surface area (Å²) in [7, 11) is 2.99. The molecule has 1 nitrogen and oxygen atoms in total. The van der Waals surface area contributed by atoms with Crippen LogP contribution in [0.1, 0.15) is 135 Å². The molecule has 1 aliphatic heterocycles. The third-order valence-corrected chi connectivity index (χ3v) is 11.1. The van der Waals surface area contributed by atoms with Gasteiger partial charge in [0.15, 0.2) is 0 Å². The van der Waals surface area contributed by atoms with Crippen LogP contribution >= 0.6 is 9.24 Å². The van der Waals surface area contributed by atoms with Crippen LogP contribution in [0.15, 0.2) is 47.1 Å². The molecule has 1 heterocycles. The van der Waals surface area contributed by atoms with E-state index in [-0.39, 0.29) is 0 Å². The Bertz CT molecular complexity index is 859. The molecule has 2 heteroatoms. The van der Waals surface area contributed by atoms with Gasteiger partial charge >= 0.3 is 0 Å². The van der Waals surface area contributed by atoms with E-state index >= 15 is 0 Å². The van der Waals surface area contributed by atoms with Gasteiger partial charge in [0.05, 0.1) is 11.9 Å². The van der Waals surface area contributed by atoms with Crippen LogP contribution in [0, 0.1) is 29.6 Å². The second-order valence-corrected chi connectivity index (χ2v) is 14.5. The predicted octanol–water partition coefficient (Wildman–Crippen LogP) is 10.9. The van der Waals surface area contributed by atoms with Crippen molar-refractivity contribution >= 4 is 9.24 Å². The van der Waals surface area contributed by atoms with E-state index in [9.17, 15) is 0 Å². The summed E-state index contributed by atoms with van der Waals surface area (Å²) in [6.07, 6.45) is 40.6. The average molecular weight is 537 g/mol. The summed E-state index contributed by atoms with van der Waals surface area (Å²) in [5.41, 5.74) is 5.14. The SMILES string of the molecule is CC1C=C(C2=CC3OC(P)CCCCCC3CC2)CC(/C(=C/CC2C=CCCC2)CCC2CCCCC2)C1. The Morgan fingerprint density at radius 3 is 2.55 bits per heavy atom. The first-order valence-corrected chi connectivity index (χ1v) is 17.5. The molecule has 7 unspecified atom stereocenters. The van der Waals surface area contributed by atoms with Crippen LogP contribution in [0.25, 0.3) is 0 Å². The minimum atomic E-state index is 0.325. The topological polar surface area (TPSA) is 9.23 Å². The van der Waals surface area contributed by atoms with Crippen molar-refractivity contribution < 1.29 is 4.74 Å². The zero-order chi connectivity index (χ0) is 26.2. The van der Waals surface area contributed by atoms with Crippen LogP contribution in [0.4, 0.5) is 0 Å². The van der Waals surface area contributed by atoms with Crippen LogP contribution in [0.3, 0.4) is 0 Å². The Labute approximate surface area is 237 Å². The maximum atomic E-state index is 6.65. The molecule has 7 atom stereocenters. The summed E-state index contributed by atoms with van der Waals surface area (Å²) in [6.45, 7) is 2.48. The molecule has 0 radical (unpaired) electrons. The van der Waals surface area contributed by atoms with E-state index < -0.39 is 0 Å². The van der Waals surface area contributed by atoms with Gasteiger partial charge in [-0.3, -0.25) is 0 Å². The van der Waals surface area contributed by atoms with Crippen molar-refractivity contribution in [3.05, 3.63) is 47.1 Å². The number of hydrogen-bond donors (Lipinski definition) is 0. The summed E-state index contributed by atoms with van der Waals surface area (Å²) in [5, 5.41) is 0. The first-order valence-electron chi connectivity index (χ1n) is 16.8. The fourth-order valence-electron chi connectivity index (χ4n) is 8.35. The predicted molar refractivity (Wildman–Crippen MR) is 167 cm³/mol. The molecule has 212 valence electrons. The molecule has 0 aromatic carbocycles. The Kier molecular flexibility index (Phi) is 11.3. The highest BCUT2D eigenvalue weighted by Crippen LogP contribution is 2.43. The Morgan fingerprint density at radius 1 is 0.921 bits per heavy atom. The maximum Gasteiger partial charge on any atom is 0.0798 e. The number of fused-ring (bicyclic) bond motifs is 1. The van der Waals surface area contributed by atoms with E-state index in [1.807, 2.05) is 5.57 Å². The smallest absolute Gasteiger partial charge is 0.0798 e. The molecule has 0 spiro atoms. The number of hydrogen-bond acceptors (Lipinski definition) is 1. The van der Waals surface area contributed by atoms with E-state index in [2.05, 4.69) is 46.5 Å². The molecule has 2 fully saturated rings. The molecule has 38 heavy (non-hydrogen) atoms. The lowest BCUT2D eigenvalue weighted by Gasteiger charge is -2.35. The summed E-state index contributed by atoms with van der Waals surface area (Å²) in [4.78, 5) is 0. The third-order valence-electron chi connectivity index (χ3n) is 10.7. The molecule has 0 bridgehead atoms. The lowest BCUT2D eigenvalue weighted by Crippen LogP contribution is -2.29. The van der Waals surface area contributed by atoms with Gasteiger partial charge in [0.2, 0.25) is 0 Å². The van der Waals surface area contributed by atoms with Gasteiger partial charge in [-0.1, -0.05) is 94.2 Å². The Balaban J connectivity index is 1.30. The molecule has 0 amide bonds. The van der Waals surface area contributed by atoms with Crippen molar-refractivity contribution in [3.63, 3.8) is 0 Å². The lowest BCUT2D eigenvalue weighted by molar-refractivity contribution is 0.0178. The largest absolute Gasteiger partial charge is 0.367 e. The summed E-state index contributed by atoms with van der Waals surface area (Å²) >= 11 is 0. The van der Waals surface area contributed by atoms with E-state index in [0.29, 0.717) is 17.9 Å². The van der Waals surface area contributed by atoms with Gasteiger partial charge in [0.25, 0.3) is 0 Å². The second kappa shape index (κ2) is 14.8. The monoisotopic (exact) mass is 536 g/mol. The van der Waals surface area contributed by atoms with Gasteiger partial charge in [-0.25, -0.2) is 0 Å². The summed E-state index contributed by atoms with van der Waals surface area (Å²) in [5.74, 6) is 4.25. The van der Waals surface area contributed by atoms with Crippen LogP contribution in [0.2, 0.25) is 0 Å². The van der Waals surface area contributed by atoms with Gasteiger partial charge in [0, 0.05) is 0 Å². The molecular weight excluding hydrogens is 479 g/mol. The van der Waals surface area contributed by atoms with Crippen LogP contribution in [-0.4, -0.2) is 11.9 Å². The zero-order valence-corrected chi connectivity index (χ0v) is 25.7. The third kappa shape index (κ3) is 8.43. The van der Waals surface area contributed by atoms with Gasteiger partial charge in [0.1, 0.15) is 0 Å². The average Bonchev–Trinajstić information content (AvgIpc) is 3.03. The molecule has 4 aliphatic carbocycles. The molecule has 1 saturated heterocycles.